The van der Waals surface area contributed by atoms with Crippen LogP contribution in [0.1, 0.15) is 38.8 Å². The normalized spacial score (nSPS) is 15.2. The Kier molecular flexibility index (Phi) is 6.72. The maximum Gasteiger partial charge on any atom is 0.416 e. The van der Waals surface area contributed by atoms with Crippen LogP contribution in [0, 0.1) is 17.8 Å². The van der Waals surface area contributed by atoms with Crippen LogP contribution in [0.4, 0.5) is 13.2 Å². The molecule has 0 radical (unpaired) electrons. The SMILES string of the molecule is CC(C)CNCC(C)C(C)Cc1ccc(C(F)(F)F)cc1. The zero-order valence-corrected chi connectivity index (χ0v) is 13.3. The fraction of sp³-hybridized carbons (Fsp3) is 0.647. The Morgan fingerprint density at radius 3 is 1.95 bits per heavy atom. The Bertz CT molecular complexity index is 409. The number of hydrogen-bond donors (Lipinski definition) is 1. The van der Waals surface area contributed by atoms with Crippen molar-refractivity contribution in [3.05, 3.63) is 35.4 Å². The number of nitrogens with one attached hydrogen (secondary N) is 1. The zero-order chi connectivity index (χ0) is 16.0. The van der Waals surface area contributed by atoms with E-state index >= 15 is 0 Å². The molecule has 4 heteroatoms. The van der Waals surface area contributed by atoms with E-state index in [1.807, 2.05) is 0 Å². The van der Waals surface area contributed by atoms with Gasteiger partial charge in [0.1, 0.15) is 0 Å². The molecule has 0 amide bonds. The van der Waals surface area contributed by atoms with E-state index in [1.54, 1.807) is 12.1 Å². The molecule has 0 bridgehead atoms. The number of rotatable bonds is 7. The second-order valence-corrected chi connectivity index (χ2v) is 6.41. The van der Waals surface area contributed by atoms with E-state index in [4.69, 9.17) is 0 Å². The first-order valence-corrected chi connectivity index (χ1v) is 7.57. The first kappa shape index (κ1) is 18.0. The highest BCUT2D eigenvalue weighted by Gasteiger charge is 2.30. The smallest absolute Gasteiger partial charge is 0.316 e. The first-order chi connectivity index (χ1) is 9.70. The summed E-state index contributed by atoms with van der Waals surface area (Å²) in [6.07, 6.45) is -3.44. The van der Waals surface area contributed by atoms with Gasteiger partial charge in [-0.3, -0.25) is 0 Å². The van der Waals surface area contributed by atoms with Crippen LogP contribution in [0.3, 0.4) is 0 Å². The largest absolute Gasteiger partial charge is 0.416 e. The monoisotopic (exact) mass is 301 g/mol. The standard InChI is InChI=1S/C17H26F3N/c1-12(2)10-21-11-14(4)13(3)9-15-5-7-16(8-6-15)17(18,19)20/h5-8,12-14,21H,9-11H2,1-4H3. The Balaban J connectivity index is 2.48. The minimum absolute atomic E-state index is 0.432. The molecule has 0 spiro atoms. The van der Waals surface area contributed by atoms with Gasteiger partial charge in [-0.25, -0.2) is 0 Å². The Morgan fingerprint density at radius 1 is 0.905 bits per heavy atom. The van der Waals surface area contributed by atoms with Gasteiger partial charge in [0.05, 0.1) is 5.56 Å². The van der Waals surface area contributed by atoms with E-state index in [1.165, 1.54) is 12.1 Å². The second kappa shape index (κ2) is 7.83. The van der Waals surface area contributed by atoms with Gasteiger partial charge in [0.25, 0.3) is 0 Å². The second-order valence-electron chi connectivity index (χ2n) is 6.41. The Morgan fingerprint density at radius 2 is 1.48 bits per heavy atom. The molecule has 0 saturated carbocycles. The number of hydrogen-bond acceptors (Lipinski definition) is 1. The molecule has 1 aromatic carbocycles. The molecular weight excluding hydrogens is 275 g/mol. The molecule has 2 atom stereocenters. The van der Waals surface area contributed by atoms with Crippen molar-refractivity contribution in [2.75, 3.05) is 13.1 Å². The van der Waals surface area contributed by atoms with Gasteiger partial charge in [0, 0.05) is 0 Å². The summed E-state index contributed by atoms with van der Waals surface area (Å²) in [7, 11) is 0. The third-order valence-electron chi connectivity index (χ3n) is 3.83. The number of benzene rings is 1. The molecule has 0 aliphatic carbocycles. The van der Waals surface area contributed by atoms with Crippen LogP contribution in [-0.4, -0.2) is 13.1 Å². The van der Waals surface area contributed by atoms with E-state index in [2.05, 4.69) is 33.0 Å². The fourth-order valence-corrected chi connectivity index (χ4v) is 2.20. The molecule has 0 saturated heterocycles. The van der Waals surface area contributed by atoms with Crippen molar-refractivity contribution in [3.8, 4) is 0 Å². The fourth-order valence-electron chi connectivity index (χ4n) is 2.20. The summed E-state index contributed by atoms with van der Waals surface area (Å²) in [5.41, 5.74) is 0.386. The van der Waals surface area contributed by atoms with Crippen molar-refractivity contribution in [2.24, 2.45) is 17.8 Å². The lowest BCUT2D eigenvalue weighted by Crippen LogP contribution is -2.28. The molecule has 0 heterocycles. The van der Waals surface area contributed by atoms with Gasteiger partial charge in [-0.1, -0.05) is 39.8 Å². The minimum atomic E-state index is -4.25. The summed E-state index contributed by atoms with van der Waals surface area (Å²) in [6.45, 7) is 10.6. The van der Waals surface area contributed by atoms with Crippen LogP contribution in [0.25, 0.3) is 0 Å². The van der Waals surface area contributed by atoms with Crippen molar-refractivity contribution >= 4 is 0 Å². The van der Waals surface area contributed by atoms with Crippen LogP contribution in [0.5, 0.6) is 0 Å². The molecule has 120 valence electrons. The zero-order valence-electron chi connectivity index (χ0n) is 13.3. The highest BCUT2D eigenvalue weighted by Crippen LogP contribution is 2.29. The molecule has 2 unspecified atom stereocenters. The van der Waals surface area contributed by atoms with Crippen molar-refractivity contribution < 1.29 is 13.2 Å². The summed E-state index contributed by atoms with van der Waals surface area (Å²) >= 11 is 0. The number of halogens is 3. The van der Waals surface area contributed by atoms with Crippen molar-refractivity contribution in [2.45, 2.75) is 40.3 Å². The summed E-state index contributed by atoms with van der Waals surface area (Å²) < 4.78 is 37.5. The summed E-state index contributed by atoms with van der Waals surface area (Å²) in [4.78, 5) is 0. The van der Waals surface area contributed by atoms with Crippen molar-refractivity contribution in [1.29, 1.82) is 0 Å². The van der Waals surface area contributed by atoms with Crippen LogP contribution >= 0.6 is 0 Å². The average Bonchev–Trinajstić information content (AvgIpc) is 2.37. The lowest BCUT2D eigenvalue weighted by Gasteiger charge is -2.21. The predicted molar refractivity (Wildman–Crippen MR) is 81.2 cm³/mol. The highest BCUT2D eigenvalue weighted by molar-refractivity contribution is 5.24. The topological polar surface area (TPSA) is 12.0 Å². The van der Waals surface area contributed by atoms with Gasteiger partial charge >= 0.3 is 6.18 Å². The van der Waals surface area contributed by atoms with E-state index in [9.17, 15) is 13.2 Å². The van der Waals surface area contributed by atoms with Crippen LogP contribution in [-0.2, 0) is 12.6 Å². The molecule has 0 aromatic heterocycles. The third kappa shape index (κ3) is 6.51. The third-order valence-corrected chi connectivity index (χ3v) is 3.83. The van der Waals surface area contributed by atoms with Crippen LogP contribution in [0.15, 0.2) is 24.3 Å². The van der Waals surface area contributed by atoms with E-state index < -0.39 is 11.7 Å². The van der Waals surface area contributed by atoms with Crippen LogP contribution in [0.2, 0.25) is 0 Å². The van der Waals surface area contributed by atoms with Gasteiger partial charge < -0.3 is 5.32 Å². The molecule has 1 aromatic rings. The van der Waals surface area contributed by atoms with Gasteiger partial charge in [-0.05, 0) is 55.0 Å². The maximum atomic E-state index is 12.5. The van der Waals surface area contributed by atoms with Crippen LogP contribution < -0.4 is 5.32 Å². The average molecular weight is 301 g/mol. The van der Waals surface area contributed by atoms with E-state index in [0.29, 0.717) is 17.8 Å². The molecule has 1 rings (SSSR count). The van der Waals surface area contributed by atoms with Gasteiger partial charge in [-0.2, -0.15) is 13.2 Å². The minimum Gasteiger partial charge on any atom is -0.316 e. The summed E-state index contributed by atoms with van der Waals surface area (Å²) in [5.74, 6) is 1.55. The quantitative estimate of drug-likeness (QED) is 0.765. The van der Waals surface area contributed by atoms with Gasteiger partial charge in [0.15, 0.2) is 0 Å². The van der Waals surface area contributed by atoms with Gasteiger partial charge in [-0.15, -0.1) is 0 Å². The molecule has 21 heavy (non-hydrogen) atoms. The molecule has 0 aliphatic rings. The predicted octanol–water partition coefficient (Wildman–Crippen LogP) is 4.77. The molecule has 1 N–H and O–H groups in total. The summed E-state index contributed by atoms with van der Waals surface area (Å²) in [5, 5.41) is 3.43. The number of alkyl halides is 3. The molecule has 0 aliphatic heterocycles. The first-order valence-electron chi connectivity index (χ1n) is 7.57. The van der Waals surface area contributed by atoms with Crippen molar-refractivity contribution in [3.63, 3.8) is 0 Å². The Labute approximate surface area is 125 Å². The molecular formula is C17H26F3N. The van der Waals surface area contributed by atoms with Crippen molar-refractivity contribution in [1.82, 2.24) is 5.32 Å². The highest BCUT2D eigenvalue weighted by atomic mass is 19.4. The molecule has 1 nitrogen and oxygen atoms in total. The molecule has 0 fully saturated rings. The summed E-state index contributed by atoms with van der Waals surface area (Å²) in [6, 6.07) is 5.52. The lowest BCUT2D eigenvalue weighted by molar-refractivity contribution is -0.137. The van der Waals surface area contributed by atoms with Gasteiger partial charge in [0.2, 0.25) is 0 Å². The van der Waals surface area contributed by atoms with E-state index in [0.717, 1.165) is 25.1 Å². The maximum absolute atomic E-state index is 12.5. The van der Waals surface area contributed by atoms with E-state index in [-0.39, 0.29) is 0 Å². The lowest BCUT2D eigenvalue weighted by atomic mass is 9.89. The Hall–Kier alpha value is -1.03.